The lowest BCUT2D eigenvalue weighted by Gasteiger charge is -2.40. The molecule has 3 aromatic heterocycles. The van der Waals surface area contributed by atoms with Crippen molar-refractivity contribution in [2.75, 3.05) is 16.5 Å². The highest BCUT2D eigenvalue weighted by molar-refractivity contribution is 6.74. The first-order chi connectivity index (χ1) is 22.8. The summed E-state index contributed by atoms with van der Waals surface area (Å²) < 4.78 is 21.6. The second kappa shape index (κ2) is 16.5. The number of anilines is 2. The zero-order chi connectivity index (χ0) is 34.9. The Balaban J connectivity index is 1.52. The Morgan fingerprint density at radius 1 is 0.958 bits per heavy atom. The highest BCUT2D eigenvalue weighted by Crippen LogP contribution is 2.38. The van der Waals surface area contributed by atoms with Crippen LogP contribution in [-0.4, -0.2) is 45.6 Å². The number of pyridine rings is 1. The smallest absolute Gasteiger partial charge is 0.413 e. The van der Waals surface area contributed by atoms with Gasteiger partial charge in [0.15, 0.2) is 11.5 Å². The lowest BCUT2D eigenvalue weighted by Crippen LogP contribution is -2.47. The molecule has 3 heterocycles. The van der Waals surface area contributed by atoms with E-state index in [-0.39, 0.29) is 17.5 Å². The fourth-order valence-electron chi connectivity index (χ4n) is 5.33. The molecular formula is C37H53FN6O3Si. The van der Waals surface area contributed by atoms with E-state index in [0.29, 0.717) is 23.8 Å². The molecule has 9 nitrogen and oxygen atoms in total. The molecule has 1 amide bonds. The average molecular weight is 677 g/mol. The van der Waals surface area contributed by atoms with Crippen LogP contribution >= 0.6 is 0 Å². The minimum absolute atomic E-state index is 0.0394. The van der Waals surface area contributed by atoms with Gasteiger partial charge in [-0.05, 0) is 60.5 Å². The van der Waals surface area contributed by atoms with Crippen LogP contribution in [0.1, 0.15) is 102 Å². The molecule has 0 fully saturated rings. The number of carbonyl (C=O) groups is 1. The standard InChI is InChI=1S/C37H53FN6O3Si/c1-28(2)31-26-40-44-34(42(36(45)46)27-30-19-15-13-16-20-30)24-33(41-35(31)44)43(47-48(6,7)37(3,4)5)23-17-12-10-8-9-11-14-18-29-21-22-32(38)39-25-29/h13,15-16,19-22,24-26,28H,8-12,14,17-18,23,27H2,1-7H3,(H,45,46). The predicted octanol–water partition coefficient (Wildman–Crippen LogP) is 9.79. The summed E-state index contributed by atoms with van der Waals surface area (Å²) in [7, 11) is -2.28. The molecule has 4 aromatic rings. The van der Waals surface area contributed by atoms with Crippen molar-refractivity contribution in [3.05, 3.63) is 83.6 Å². The van der Waals surface area contributed by atoms with Crippen LogP contribution in [0, 0.1) is 5.95 Å². The van der Waals surface area contributed by atoms with Crippen molar-refractivity contribution < 1.29 is 18.8 Å². The Kier molecular flexibility index (Phi) is 12.7. The minimum atomic E-state index is -2.28. The van der Waals surface area contributed by atoms with Gasteiger partial charge >= 0.3 is 6.09 Å². The van der Waals surface area contributed by atoms with E-state index in [2.05, 4.69) is 57.8 Å². The molecule has 0 spiro atoms. The van der Waals surface area contributed by atoms with Gasteiger partial charge in [0, 0.05) is 24.4 Å². The Hall–Kier alpha value is -3.83. The molecule has 0 unspecified atom stereocenters. The summed E-state index contributed by atoms with van der Waals surface area (Å²) in [6, 6.07) is 14.6. The average Bonchev–Trinajstić information content (AvgIpc) is 3.47. The minimum Gasteiger partial charge on any atom is -0.465 e. The summed E-state index contributed by atoms with van der Waals surface area (Å²) >= 11 is 0. The lowest BCUT2D eigenvalue weighted by molar-refractivity contribution is 0.201. The number of rotatable bonds is 17. The number of benzene rings is 1. The van der Waals surface area contributed by atoms with Crippen LogP contribution in [-0.2, 0) is 17.5 Å². The monoisotopic (exact) mass is 676 g/mol. The second-order valence-electron chi connectivity index (χ2n) is 14.5. The molecule has 0 aliphatic rings. The van der Waals surface area contributed by atoms with Crippen molar-refractivity contribution in [3.63, 3.8) is 0 Å². The molecular weight excluding hydrogens is 624 g/mol. The molecule has 0 aliphatic carbocycles. The van der Waals surface area contributed by atoms with Gasteiger partial charge < -0.3 is 9.63 Å². The third-order valence-electron chi connectivity index (χ3n) is 9.30. The normalized spacial score (nSPS) is 12.2. The number of hydrogen-bond acceptors (Lipinski definition) is 6. The number of aryl methyl sites for hydroxylation is 1. The fraction of sp³-hybridized carbons (Fsp3) is 0.514. The van der Waals surface area contributed by atoms with E-state index < -0.39 is 20.4 Å². The van der Waals surface area contributed by atoms with Crippen molar-refractivity contribution >= 4 is 31.7 Å². The summed E-state index contributed by atoms with van der Waals surface area (Å²) in [4.78, 5) is 22.9. The van der Waals surface area contributed by atoms with Crippen molar-refractivity contribution in [2.24, 2.45) is 0 Å². The molecule has 1 N–H and O–H groups in total. The van der Waals surface area contributed by atoms with E-state index in [1.165, 1.54) is 11.0 Å². The van der Waals surface area contributed by atoms with Crippen LogP contribution in [0.5, 0.6) is 0 Å². The first-order valence-corrected chi connectivity index (χ1v) is 20.2. The first-order valence-electron chi connectivity index (χ1n) is 17.3. The van der Waals surface area contributed by atoms with Crippen LogP contribution in [0.15, 0.2) is 60.9 Å². The number of hydroxylamine groups is 1. The van der Waals surface area contributed by atoms with E-state index in [1.807, 2.05) is 47.5 Å². The number of hydrogen-bond donors (Lipinski definition) is 1. The Morgan fingerprint density at radius 2 is 1.62 bits per heavy atom. The molecule has 0 saturated carbocycles. The Labute approximate surface area is 286 Å². The largest absolute Gasteiger partial charge is 0.465 e. The second-order valence-corrected chi connectivity index (χ2v) is 19.2. The van der Waals surface area contributed by atoms with Gasteiger partial charge in [0.05, 0.1) is 12.7 Å². The SMILES string of the molecule is CC(C)c1cnn2c(N(Cc3ccccc3)C(=O)O)cc(N(CCCCCCCCCc3ccc(F)nc3)O[Si](C)(C)C(C)(C)C)nc12. The van der Waals surface area contributed by atoms with E-state index in [9.17, 15) is 14.3 Å². The highest BCUT2D eigenvalue weighted by atomic mass is 28.4. The Bertz CT molecular complexity index is 1610. The molecule has 1 aromatic carbocycles. The molecule has 0 radical (unpaired) electrons. The number of nitrogens with zero attached hydrogens (tertiary/aromatic N) is 6. The van der Waals surface area contributed by atoms with Crippen LogP contribution in [0.4, 0.5) is 20.8 Å². The van der Waals surface area contributed by atoms with E-state index in [0.717, 1.165) is 68.1 Å². The summed E-state index contributed by atoms with van der Waals surface area (Å²) in [6.45, 7) is 16.1. The Morgan fingerprint density at radius 3 is 2.23 bits per heavy atom. The van der Waals surface area contributed by atoms with Gasteiger partial charge in [-0.2, -0.15) is 14.0 Å². The number of carboxylic acid groups (broad SMARTS) is 1. The highest BCUT2D eigenvalue weighted by Gasteiger charge is 2.40. The van der Waals surface area contributed by atoms with Gasteiger partial charge in [0.2, 0.25) is 14.3 Å². The quantitative estimate of drug-likeness (QED) is 0.0515. The maximum Gasteiger partial charge on any atom is 0.413 e. The summed E-state index contributed by atoms with van der Waals surface area (Å²) in [5.74, 6) is 0.738. The fourth-order valence-corrected chi connectivity index (χ4v) is 6.34. The number of fused-ring (bicyclic) bond motifs is 1. The van der Waals surface area contributed by atoms with Gasteiger partial charge in [-0.1, -0.05) is 103 Å². The molecule has 0 aliphatic heterocycles. The topological polar surface area (TPSA) is 96.1 Å². The first kappa shape index (κ1) is 37.0. The number of amides is 1. The van der Waals surface area contributed by atoms with Gasteiger partial charge in [0.25, 0.3) is 0 Å². The van der Waals surface area contributed by atoms with Crippen molar-refractivity contribution in [2.45, 2.75) is 117 Å². The number of aromatic nitrogens is 4. The molecule has 0 atom stereocenters. The number of unbranched alkanes of at least 4 members (excludes halogenated alkanes) is 6. The van der Waals surface area contributed by atoms with Crippen molar-refractivity contribution in [1.29, 1.82) is 0 Å². The number of halogens is 1. The molecule has 11 heteroatoms. The van der Waals surface area contributed by atoms with Gasteiger partial charge in [-0.3, -0.25) is 4.90 Å². The van der Waals surface area contributed by atoms with Gasteiger partial charge in [0.1, 0.15) is 5.82 Å². The van der Waals surface area contributed by atoms with E-state index in [1.54, 1.807) is 16.9 Å². The molecule has 260 valence electrons. The van der Waals surface area contributed by atoms with Crippen LogP contribution in [0.3, 0.4) is 0 Å². The maximum atomic E-state index is 13.1. The molecule has 4 rings (SSSR count). The van der Waals surface area contributed by atoms with Crippen LogP contribution in [0.2, 0.25) is 18.1 Å². The molecule has 0 bridgehead atoms. The summed E-state index contributed by atoms with van der Waals surface area (Å²) in [5, 5.41) is 16.9. The predicted molar refractivity (Wildman–Crippen MR) is 194 cm³/mol. The summed E-state index contributed by atoms with van der Waals surface area (Å²) in [5.41, 5.74) is 3.55. The van der Waals surface area contributed by atoms with Crippen LogP contribution in [0.25, 0.3) is 5.65 Å². The van der Waals surface area contributed by atoms with Gasteiger partial charge in [-0.15, -0.1) is 0 Å². The lowest BCUT2D eigenvalue weighted by atomic mass is 10.1. The third-order valence-corrected chi connectivity index (χ3v) is 13.6. The van der Waals surface area contributed by atoms with Crippen LogP contribution < -0.4 is 9.96 Å². The van der Waals surface area contributed by atoms with Crippen molar-refractivity contribution in [3.8, 4) is 0 Å². The zero-order valence-corrected chi connectivity index (χ0v) is 30.7. The maximum absolute atomic E-state index is 13.1. The zero-order valence-electron chi connectivity index (χ0n) is 29.7. The third kappa shape index (κ3) is 9.85. The van der Waals surface area contributed by atoms with Gasteiger partial charge in [-0.25, -0.2) is 19.8 Å². The molecule has 0 saturated heterocycles. The van der Waals surface area contributed by atoms with E-state index in [4.69, 9.17) is 9.51 Å². The van der Waals surface area contributed by atoms with E-state index >= 15 is 0 Å². The molecule has 48 heavy (non-hydrogen) atoms. The van der Waals surface area contributed by atoms with Crippen molar-refractivity contribution in [1.82, 2.24) is 19.6 Å². The summed E-state index contributed by atoms with van der Waals surface area (Å²) in [6.07, 6.45) is 10.9.